The Balaban J connectivity index is 1.48. The van der Waals surface area contributed by atoms with Gasteiger partial charge in [0.05, 0.1) is 30.4 Å². The number of nitriles is 1. The molecule has 0 radical (unpaired) electrons. The number of nitrogens with two attached hydrogens (primary N) is 1. The van der Waals surface area contributed by atoms with Gasteiger partial charge in [-0.05, 0) is 24.3 Å². The number of carbonyl (C=O) groups excluding carboxylic acids is 2. The normalized spacial score (nSPS) is 18.3. The van der Waals surface area contributed by atoms with Crippen LogP contribution in [-0.4, -0.2) is 44.9 Å². The lowest BCUT2D eigenvalue weighted by Crippen LogP contribution is -2.42. The monoisotopic (exact) mass is 608 g/mol. The maximum absolute atomic E-state index is 13.7. The van der Waals surface area contributed by atoms with Gasteiger partial charge in [-0.15, -0.1) is 20.4 Å². The van der Waals surface area contributed by atoms with Gasteiger partial charge in [-0.1, -0.05) is 73.4 Å². The molecule has 1 aliphatic heterocycles. The highest BCUT2D eigenvalue weighted by Gasteiger charge is 2.46. The van der Waals surface area contributed by atoms with Gasteiger partial charge in [0, 0.05) is 23.3 Å². The number of aromatic nitrogens is 4. The number of ketones is 1. The van der Waals surface area contributed by atoms with Crippen LogP contribution in [-0.2, 0) is 16.0 Å². The quantitative estimate of drug-likeness (QED) is 0.343. The van der Waals surface area contributed by atoms with Crippen molar-refractivity contribution in [2.24, 2.45) is 11.1 Å². The number of thioether (sulfide) groups is 1. The van der Waals surface area contributed by atoms with Crippen molar-refractivity contribution in [3.8, 4) is 11.8 Å². The number of aryl methyl sites for hydroxylation is 1. The van der Waals surface area contributed by atoms with E-state index in [1.54, 1.807) is 12.0 Å². The molecule has 2 aliphatic rings. The maximum atomic E-state index is 13.7. The average Bonchev–Trinajstić information content (AvgIpc) is 3.60. The van der Waals surface area contributed by atoms with Crippen LogP contribution in [0.5, 0.6) is 5.75 Å². The van der Waals surface area contributed by atoms with Crippen molar-refractivity contribution in [2.45, 2.75) is 50.3 Å². The lowest BCUT2D eigenvalue weighted by atomic mass is 9.68. The number of nitrogens with one attached hydrogen (secondary N) is 1. The number of hydrogen-bond acceptors (Lipinski definition) is 13. The molecule has 0 bridgehead atoms. The van der Waals surface area contributed by atoms with Crippen LogP contribution < -0.4 is 20.7 Å². The fourth-order valence-electron chi connectivity index (χ4n) is 5.02. The number of para-hydroxylation sites is 1. The summed E-state index contributed by atoms with van der Waals surface area (Å²) in [7, 11) is 1.56. The minimum atomic E-state index is -0.662. The molecule has 1 atom stereocenters. The zero-order valence-corrected chi connectivity index (χ0v) is 25.4. The Bertz CT molecular complexity index is 1620. The summed E-state index contributed by atoms with van der Waals surface area (Å²) in [4.78, 5) is 27.9. The van der Waals surface area contributed by atoms with E-state index in [1.807, 2.05) is 45.0 Å². The molecule has 0 spiro atoms. The Morgan fingerprint density at radius 1 is 1.24 bits per heavy atom. The van der Waals surface area contributed by atoms with Crippen molar-refractivity contribution in [3.05, 3.63) is 57.5 Å². The molecule has 0 fully saturated rings. The number of nitrogens with zero attached hydrogens (tertiary/aromatic N) is 6. The summed E-state index contributed by atoms with van der Waals surface area (Å²) >= 11 is 3.81. The first kappa shape index (κ1) is 28.7. The number of carbonyl (C=O) groups is 2. The molecule has 3 N–H and O–H groups in total. The zero-order chi connectivity index (χ0) is 29.3. The molecule has 3 heterocycles. The second kappa shape index (κ2) is 11.6. The van der Waals surface area contributed by atoms with Gasteiger partial charge in [0.25, 0.3) is 0 Å². The fraction of sp³-hybridized carbons (Fsp3) is 0.370. The van der Waals surface area contributed by atoms with Crippen LogP contribution in [0.3, 0.4) is 0 Å². The number of Topliss-reactive ketones (excluding diaryl/α,β-unsaturated/α-hetero) is 1. The van der Waals surface area contributed by atoms with Crippen LogP contribution in [0.25, 0.3) is 0 Å². The van der Waals surface area contributed by atoms with Gasteiger partial charge in [0.1, 0.15) is 16.6 Å². The van der Waals surface area contributed by atoms with Crippen molar-refractivity contribution in [2.75, 3.05) is 23.1 Å². The predicted molar refractivity (Wildman–Crippen MR) is 159 cm³/mol. The van der Waals surface area contributed by atoms with Crippen LogP contribution in [0, 0.1) is 16.7 Å². The Kier molecular flexibility index (Phi) is 8.12. The molecule has 5 rings (SSSR count). The minimum Gasteiger partial charge on any atom is -0.496 e. The molecule has 14 heteroatoms. The van der Waals surface area contributed by atoms with Crippen LogP contribution in [0.2, 0.25) is 0 Å². The van der Waals surface area contributed by atoms with E-state index in [2.05, 4.69) is 31.8 Å². The summed E-state index contributed by atoms with van der Waals surface area (Å²) in [5.41, 5.74) is 8.55. The molecule has 0 saturated heterocycles. The highest BCUT2D eigenvalue weighted by atomic mass is 32.2. The van der Waals surface area contributed by atoms with Crippen LogP contribution >= 0.6 is 34.4 Å². The summed E-state index contributed by atoms with van der Waals surface area (Å²) in [6.45, 7) is 6.04. The van der Waals surface area contributed by atoms with Gasteiger partial charge in [0.2, 0.25) is 16.2 Å². The molecule has 212 valence electrons. The lowest BCUT2D eigenvalue weighted by molar-refractivity contribution is -0.118. The second-order valence-corrected chi connectivity index (χ2v) is 13.5. The molecule has 3 aromatic rings. The smallest absolute Gasteiger partial charge is 0.236 e. The van der Waals surface area contributed by atoms with E-state index in [1.165, 1.54) is 34.4 Å². The van der Waals surface area contributed by atoms with Crippen molar-refractivity contribution in [1.29, 1.82) is 5.26 Å². The SMILES string of the molecule is CCc1nnc(NC(=O)CSc2nnc(N3C(N)=C(C#N)C(c4ccccc4OC)C4=C3CC(C)(C)CC4=O)s2)s1. The number of anilines is 2. The summed E-state index contributed by atoms with van der Waals surface area (Å²) in [6.07, 6.45) is 1.63. The predicted octanol–water partition coefficient (Wildman–Crippen LogP) is 4.63. The van der Waals surface area contributed by atoms with Gasteiger partial charge in [-0.25, -0.2) is 0 Å². The average molecular weight is 609 g/mol. The maximum Gasteiger partial charge on any atom is 0.236 e. The standard InChI is InChI=1S/C27H28N8O3S3/c1-5-20-31-32-24(40-20)30-19(37)13-39-26-34-33-25(41-26)35-16-10-27(2,3)11-17(36)22(16)21(15(12-28)23(35)29)14-8-6-7-9-18(14)38-4/h6-9,21H,5,10-11,13,29H2,1-4H3,(H,30,32,37). The van der Waals surface area contributed by atoms with Gasteiger partial charge >= 0.3 is 0 Å². The molecule has 41 heavy (non-hydrogen) atoms. The third-order valence-corrected chi connectivity index (χ3v) is 9.79. The van der Waals surface area contributed by atoms with E-state index in [-0.39, 0.29) is 34.3 Å². The largest absolute Gasteiger partial charge is 0.496 e. The second-order valence-electron chi connectivity index (χ2n) is 10.3. The number of allylic oxidation sites excluding steroid dienone is 3. The van der Waals surface area contributed by atoms with E-state index in [0.29, 0.717) is 50.0 Å². The van der Waals surface area contributed by atoms with Crippen molar-refractivity contribution in [1.82, 2.24) is 20.4 Å². The van der Waals surface area contributed by atoms with E-state index < -0.39 is 5.92 Å². The van der Waals surface area contributed by atoms with Crippen LogP contribution in [0.15, 0.2) is 51.3 Å². The van der Waals surface area contributed by atoms with Gasteiger partial charge in [0.15, 0.2) is 10.1 Å². The number of benzene rings is 1. The van der Waals surface area contributed by atoms with E-state index in [0.717, 1.165) is 11.4 Å². The molecule has 1 aliphatic carbocycles. The number of ether oxygens (including phenoxy) is 1. The molecular weight excluding hydrogens is 581 g/mol. The summed E-state index contributed by atoms with van der Waals surface area (Å²) in [6, 6.07) is 9.62. The molecule has 1 amide bonds. The number of methoxy groups -OCH3 is 1. The Morgan fingerprint density at radius 2 is 2.02 bits per heavy atom. The Hall–Kier alpha value is -3.80. The van der Waals surface area contributed by atoms with E-state index in [9.17, 15) is 14.9 Å². The summed E-state index contributed by atoms with van der Waals surface area (Å²) in [5, 5.41) is 31.4. The third kappa shape index (κ3) is 5.70. The Labute approximate surface area is 249 Å². The Morgan fingerprint density at radius 3 is 2.73 bits per heavy atom. The highest BCUT2D eigenvalue weighted by molar-refractivity contribution is 8.01. The molecule has 0 saturated carbocycles. The van der Waals surface area contributed by atoms with Crippen molar-refractivity contribution < 1.29 is 14.3 Å². The topological polar surface area (TPSA) is 160 Å². The number of hydrogen-bond donors (Lipinski definition) is 2. The van der Waals surface area contributed by atoms with Crippen LogP contribution in [0.4, 0.5) is 10.3 Å². The third-order valence-electron chi connectivity index (χ3n) is 6.76. The first-order chi connectivity index (χ1) is 19.7. The first-order valence-electron chi connectivity index (χ1n) is 12.8. The molecule has 1 aromatic carbocycles. The zero-order valence-electron chi connectivity index (χ0n) is 22.9. The van der Waals surface area contributed by atoms with Crippen LogP contribution in [0.1, 0.15) is 50.1 Å². The molecule has 11 nitrogen and oxygen atoms in total. The summed E-state index contributed by atoms with van der Waals surface area (Å²) in [5.74, 6) is -0.0794. The van der Waals surface area contributed by atoms with Crippen molar-refractivity contribution >= 4 is 56.4 Å². The first-order valence-corrected chi connectivity index (χ1v) is 15.4. The number of amides is 1. The van der Waals surface area contributed by atoms with E-state index >= 15 is 0 Å². The highest BCUT2D eigenvalue weighted by Crippen LogP contribution is 2.52. The molecular formula is C27H28N8O3S3. The lowest BCUT2D eigenvalue weighted by Gasteiger charge is -2.42. The fourth-order valence-corrected chi connectivity index (χ4v) is 7.40. The summed E-state index contributed by atoms with van der Waals surface area (Å²) < 4.78 is 6.15. The molecule has 2 aromatic heterocycles. The number of rotatable bonds is 8. The van der Waals surface area contributed by atoms with Crippen molar-refractivity contribution in [3.63, 3.8) is 0 Å². The van der Waals surface area contributed by atoms with Gasteiger partial charge < -0.3 is 10.5 Å². The van der Waals surface area contributed by atoms with Gasteiger partial charge in [-0.3, -0.25) is 19.8 Å². The van der Waals surface area contributed by atoms with Gasteiger partial charge in [-0.2, -0.15) is 5.26 Å². The molecule has 1 unspecified atom stereocenters. The van der Waals surface area contributed by atoms with E-state index in [4.69, 9.17) is 10.5 Å². The minimum absolute atomic E-state index is 0.0453.